The predicted octanol–water partition coefficient (Wildman–Crippen LogP) is 3.50. The van der Waals surface area contributed by atoms with E-state index >= 15 is 0 Å². The zero-order valence-corrected chi connectivity index (χ0v) is 20.0. The number of sulfonamides is 1. The van der Waals surface area contributed by atoms with Crippen LogP contribution in [0.1, 0.15) is 33.2 Å². The van der Waals surface area contributed by atoms with Gasteiger partial charge in [-0.2, -0.15) is 4.31 Å². The molecule has 170 valence electrons. The van der Waals surface area contributed by atoms with Gasteiger partial charge >= 0.3 is 0 Å². The molecule has 1 aliphatic rings. The highest BCUT2D eigenvalue weighted by Crippen LogP contribution is 2.26. The number of benzene rings is 1. The van der Waals surface area contributed by atoms with Crippen LogP contribution >= 0.6 is 11.6 Å². The zero-order valence-electron chi connectivity index (χ0n) is 18.4. The number of carbonyl (C=O) groups is 1. The molecule has 0 aliphatic carbocycles. The Bertz CT molecular complexity index is 1270. The van der Waals surface area contributed by atoms with Gasteiger partial charge in [-0.1, -0.05) is 22.8 Å². The van der Waals surface area contributed by atoms with Gasteiger partial charge in [0.1, 0.15) is 10.6 Å². The molecular formula is C22H25ClN4O4S. The molecule has 0 saturated carbocycles. The molecule has 1 aliphatic heterocycles. The lowest BCUT2D eigenvalue weighted by atomic mass is 10.2. The van der Waals surface area contributed by atoms with Crippen LogP contribution in [0.4, 0.5) is 0 Å². The summed E-state index contributed by atoms with van der Waals surface area (Å²) in [6.07, 6.45) is 0. The summed E-state index contributed by atoms with van der Waals surface area (Å²) < 4.78 is 34.5. The van der Waals surface area contributed by atoms with Crippen molar-refractivity contribution in [1.29, 1.82) is 0 Å². The quantitative estimate of drug-likeness (QED) is 0.575. The van der Waals surface area contributed by atoms with Crippen molar-refractivity contribution >= 4 is 27.5 Å². The summed E-state index contributed by atoms with van der Waals surface area (Å²) in [7, 11) is -3.72. The zero-order chi connectivity index (χ0) is 23.2. The summed E-state index contributed by atoms with van der Waals surface area (Å²) in [5, 5.41) is 4.38. The molecule has 8 nitrogen and oxygen atoms in total. The Morgan fingerprint density at radius 2 is 1.75 bits per heavy atom. The molecule has 10 heteroatoms. The fourth-order valence-corrected chi connectivity index (χ4v) is 6.16. The molecule has 0 spiro atoms. The molecule has 0 atom stereocenters. The predicted molar refractivity (Wildman–Crippen MR) is 121 cm³/mol. The van der Waals surface area contributed by atoms with Gasteiger partial charge in [-0.05, 0) is 52.0 Å². The Morgan fingerprint density at radius 1 is 1.06 bits per heavy atom. The molecule has 2 aromatic heterocycles. The van der Waals surface area contributed by atoms with Gasteiger partial charge in [-0.15, -0.1) is 0 Å². The highest BCUT2D eigenvalue weighted by molar-refractivity contribution is 7.89. The third-order valence-corrected chi connectivity index (χ3v) is 8.20. The van der Waals surface area contributed by atoms with Crippen LogP contribution in [0.15, 0.2) is 39.8 Å². The number of hydrogen-bond acceptors (Lipinski definition) is 5. The van der Waals surface area contributed by atoms with Gasteiger partial charge in [-0.25, -0.2) is 8.42 Å². The Kier molecular flexibility index (Phi) is 5.91. The molecule has 1 aromatic carbocycles. The van der Waals surface area contributed by atoms with Gasteiger partial charge in [0.25, 0.3) is 5.91 Å². The van der Waals surface area contributed by atoms with Crippen LogP contribution in [0.5, 0.6) is 0 Å². The molecule has 1 amide bonds. The van der Waals surface area contributed by atoms with E-state index in [-0.39, 0.29) is 29.7 Å². The van der Waals surface area contributed by atoms with E-state index in [0.29, 0.717) is 29.4 Å². The van der Waals surface area contributed by atoms with Gasteiger partial charge in [0, 0.05) is 48.3 Å². The first kappa shape index (κ1) is 22.6. The molecular weight excluding hydrogens is 452 g/mol. The van der Waals surface area contributed by atoms with E-state index in [9.17, 15) is 13.2 Å². The van der Waals surface area contributed by atoms with Crippen molar-refractivity contribution in [2.45, 2.75) is 32.6 Å². The van der Waals surface area contributed by atoms with Gasteiger partial charge in [-0.3, -0.25) is 4.79 Å². The first-order chi connectivity index (χ1) is 15.1. The van der Waals surface area contributed by atoms with Crippen molar-refractivity contribution in [3.05, 3.63) is 63.8 Å². The minimum absolute atomic E-state index is 0.110. The minimum atomic E-state index is -3.72. The van der Waals surface area contributed by atoms with Gasteiger partial charge in [0.2, 0.25) is 10.0 Å². The third kappa shape index (κ3) is 3.85. The molecule has 4 rings (SSSR count). The van der Waals surface area contributed by atoms with Crippen LogP contribution < -0.4 is 0 Å². The number of piperazine rings is 1. The van der Waals surface area contributed by atoms with E-state index in [1.165, 1.54) is 4.31 Å². The molecule has 1 saturated heterocycles. The van der Waals surface area contributed by atoms with Crippen LogP contribution in [0, 0.1) is 27.7 Å². The maximum atomic E-state index is 13.3. The molecule has 0 radical (unpaired) electrons. The molecule has 1 fully saturated rings. The topological polar surface area (TPSA) is 88.7 Å². The first-order valence-corrected chi connectivity index (χ1v) is 12.1. The summed E-state index contributed by atoms with van der Waals surface area (Å²) in [5.74, 6) is 0.162. The number of aromatic nitrogens is 2. The van der Waals surface area contributed by atoms with Crippen LogP contribution in [-0.2, 0) is 10.0 Å². The Morgan fingerprint density at radius 3 is 2.34 bits per heavy atom. The number of rotatable bonds is 4. The average molecular weight is 477 g/mol. The molecule has 0 bridgehead atoms. The normalized spacial score (nSPS) is 15.3. The van der Waals surface area contributed by atoms with E-state index in [1.807, 2.05) is 42.7 Å². The lowest BCUT2D eigenvalue weighted by Gasteiger charge is -2.34. The van der Waals surface area contributed by atoms with Gasteiger partial charge < -0.3 is 14.0 Å². The highest BCUT2D eigenvalue weighted by atomic mass is 35.5. The minimum Gasteiger partial charge on any atom is -0.360 e. The van der Waals surface area contributed by atoms with Crippen molar-refractivity contribution in [3.63, 3.8) is 0 Å². The first-order valence-electron chi connectivity index (χ1n) is 10.3. The highest BCUT2D eigenvalue weighted by Gasteiger charge is 2.35. The van der Waals surface area contributed by atoms with E-state index in [1.54, 1.807) is 24.8 Å². The van der Waals surface area contributed by atoms with Crippen LogP contribution in [-0.4, -0.2) is 59.4 Å². The number of carbonyl (C=O) groups excluding carboxylic acids is 1. The van der Waals surface area contributed by atoms with Crippen molar-refractivity contribution in [2.24, 2.45) is 0 Å². The van der Waals surface area contributed by atoms with E-state index < -0.39 is 10.0 Å². The second-order valence-corrected chi connectivity index (χ2v) is 10.3. The summed E-state index contributed by atoms with van der Waals surface area (Å²) >= 11 is 6.15. The standard InChI is InChI=1S/C22H25ClN4O4S/c1-14-12-20(16(3)27(14)19-7-5-6-18(23)13-19)22(28)25-8-10-26(11-9-25)32(29,30)21-15(2)24-31-17(21)4/h5-7,12-13H,8-11H2,1-4H3. The third-order valence-electron chi connectivity index (χ3n) is 5.82. The smallest absolute Gasteiger partial charge is 0.255 e. The number of halogens is 1. The Balaban J connectivity index is 1.53. The largest absolute Gasteiger partial charge is 0.360 e. The average Bonchev–Trinajstić information content (AvgIpc) is 3.25. The molecule has 0 N–H and O–H groups in total. The maximum absolute atomic E-state index is 13.3. The van der Waals surface area contributed by atoms with Crippen LogP contribution in [0.25, 0.3) is 5.69 Å². The lowest BCUT2D eigenvalue weighted by molar-refractivity contribution is 0.0697. The van der Waals surface area contributed by atoms with Crippen molar-refractivity contribution in [1.82, 2.24) is 18.9 Å². The Labute approximate surface area is 192 Å². The number of hydrogen-bond donors (Lipinski definition) is 0. The second kappa shape index (κ2) is 8.38. The summed E-state index contributed by atoms with van der Waals surface area (Å²) in [6.45, 7) is 8.08. The van der Waals surface area contributed by atoms with Gasteiger partial charge in [0.05, 0.1) is 5.56 Å². The fraction of sp³-hybridized carbons (Fsp3) is 0.364. The Hall–Kier alpha value is -2.62. The lowest BCUT2D eigenvalue weighted by Crippen LogP contribution is -2.50. The summed E-state index contributed by atoms with van der Waals surface area (Å²) in [4.78, 5) is 15.1. The van der Waals surface area contributed by atoms with Crippen molar-refractivity contribution in [2.75, 3.05) is 26.2 Å². The fourth-order valence-electron chi connectivity index (χ4n) is 4.27. The van der Waals surface area contributed by atoms with E-state index in [2.05, 4.69) is 5.16 Å². The summed E-state index contributed by atoms with van der Waals surface area (Å²) in [6, 6.07) is 9.34. The molecule has 3 aromatic rings. The summed E-state index contributed by atoms with van der Waals surface area (Å²) in [5.41, 5.74) is 3.58. The van der Waals surface area contributed by atoms with Crippen LogP contribution in [0.2, 0.25) is 5.02 Å². The molecule has 0 unspecified atom stereocenters. The van der Waals surface area contributed by atoms with Crippen molar-refractivity contribution < 1.29 is 17.7 Å². The number of aryl methyl sites for hydroxylation is 3. The van der Waals surface area contributed by atoms with Gasteiger partial charge in [0.15, 0.2) is 5.76 Å². The van der Waals surface area contributed by atoms with E-state index in [4.69, 9.17) is 16.1 Å². The van der Waals surface area contributed by atoms with Crippen molar-refractivity contribution in [3.8, 4) is 5.69 Å². The molecule has 32 heavy (non-hydrogen) atoms. The van der Waals surface area contributed by atoms with Crippen LogP contribution in [0.3, 0.4) is 0 Å². The molecule has 3 heterocycles. The number of nitrogens with zero attached hydrogens (tertiary/aromatic N) is 4. The maximum Gasteiger partial charge on any atom is 0.255 e. The monoisotopic (exact) mass is 476 g/mol. The number of amides is 1. The SMILES string of the molecule is Cc1noc(C)c1S(=O)(=O)N1CCN(C(=O)c2cc(C)n(-c3cccc(Cl)c3)c2C)CC1. The second-order valence-electron chi connectivity index (χ2n) is 7.95. The van der Waals surface area contributed by atoms with E-state index in [0.717, 1.165) is 17.1 Å².